The van der Waals surface area contributed by atoms with Crippen LogP contribution in [0.15, 0.2) is 58.4 Å². The molecule has 4 aliphatic heterocycles. The van der Waals surface area contributed by atoms with E-state index in [9.17, 15) is 40.4 Å². The lowest BCUT2D eigenvalue weighted by molar-refractivity contribution is -0.395. The number of fused-ring (bicyclic) bond motifs is 4. The van der Waals surface area contributed by atoms with E-state index in [1.807, 2.05) is 58.9 Å². The largest absolute Gasteiger partial charge is 0.511 e. The molecule has 7 N–H and O–H groups in total. The molecule has 8 rings (SSSR count). The molecule has 12 unspecified atom stereocenters. The number of aliphatic hydroxyl groups is 4. The Kier molecular flexibility index (Phi) is 16.2. The van der Waals surface area contributed by atoms with Crippen LogP contribution in [-0.2, 0) is 52.4 Å². The summed E-state index contributed by atoms with van der Waals surface area (Å²) in [5.41, 5.74) is 0.411. The van der Waals surface area contributed by atoms with Crippen molar-refractivity contribution in [3.8, 4) is 0 Å². The smallest absolute Gasteiger partial charge is 0.346 e. The molecule has 0 aromatic heterocycles. The lowest BCUT2D eigenvalue weighted by Crippen LogP contribution is -2.67. The Morgan fingerprint density at radius 2 is 1.42 bits per heavy atom. The summed E-state index contributed by atoms with van der Waals surface area (Å²) in [6.07, 6.45) is 1.23. The van der Waals surface area contributed by atoms with E-state index in [-0.39, 0.29) is 65.9 Å². The van der Waals surface area contributed by atoms with Crippen molar-refractivity contribution in [3.05, 3.63) is 58.4 Å². The zero-order valence-corrected chi connectivity index (χ0v) is 44.3. The molecule has 1 spiro atoms. The van der Waals surface area contributed by atoms with Crippen LogP contribution in [0.2, 0.25) is 0 Å². The van der Waals surface area contributed by atoms with Crippen molar-refractivity contribution in [3.63, 3.8) is 0 Å². The highest BCUT2D eigenvalue weighted by Crippen LogP contribution is 2.61. The van der Waals surface area contributed by atoms with Gasteiger partial charge in [-0.15, -0.1) is 5.48 Å². The van der Waals surface area contributed by atoms with Crippen LogP contribution in [0.25, 0.3) is 0 Å². The number of hydrogen-bond acceptors (Lipinski definition) is 19. The third-order valence-corrected chi connectivity index (χ3v) is 18.0. The van der Waals surface area contributed by atoms with Crippen molar-refractivity contribution in [1.29, 1.82) is 0 Å². The SMILES string of the molecule is CC(=O)ONC1C(C)OC(O[C@H]2C/C=C(\C)[C@H]3C=C[C@@H]4[C@@H](OC5CC(OC6CC(O)C(O)C(C)O6)C(O)C(C)O5)[C@@H](C)C[C@H](C)[C@@H]4[C@@]3(C)C(O)=C3C(=O)O[C@]4(C[C@@H](C)C(C)=C[C@H]4/C=C/2C)C3=O)CC1(C)N(O)O. The van der Waals surface area contributed by atoms with E-state index >= 15 is 4.79 Å². The molecular weight excluding hydrogens is 949 g/mol. The first kappa shape index (κ1) is 55.8. The second-order valence-electron chi connectivity index (χ2n) is 23.2. The van der Waals surface area contributed by atoms with Gasteiger partial charge in [0.2, 0.25) is 5.78 Å². The van der Waals surface area contributed by atoms with E-state index in [2.05, 4.69) is 25.4 Å². The van der Waals surface area contributed by atoms with E-state index < -0.39 is 132 Å². The van der Waals surface area contributed by atoms with Gasteiger partial charge in [-0.2, -0.15) is 0 Å². The van der Waals surface area contributed by atoms with Crippen LogP contribution in [-0.4, -0.2) is 145 Å². The third kappa shape index (κ3) is 10.2. The Bertz CT molecular complexity index is 2250. The van der Waals surface area contributed by atoms with Gasteiger partial charge in [0, 0.05) is 55.8 Å². The monoisotopic (exact) mass is 1030 g/mol. The van der Waals surface area contributed by atoms with Crippen LogP contribution in [0.5, 0.6) is 0 Å². The average molecular weight is 1030 g/mol. The molecule has 1 saturated carbocycles. The first-order chi connectivity index (χ1) is 34.2. The molecule has 2 bridgehead atoms. The minimum atomic E-state index is -1.68. The number of hydrogen-bond donors (Lipinski definition) is 7. The van der Waals surface area contributed by atoms with Crippen molar-refractivity contribution in [2.75, 3.05) is 0 Å². The zero-order chi connectivity index (χ0) is 53.4. The second kappa shape index (κ2) is 21.2. The van der Waals surface area contributed by atoms with Gasteiger partial charge in [0.1, 0.15) is 23.5 Å². The molecule has 19 heteroatoms. The number of carbonyl (C=O) groups excluding carboxylic acids is 3. The topological polar surface area (TPSA) is 262 Å². The number of allylic oxidation sites excluding steroid dienone is 4. The summed E-state index contributed by atoms with van der Waals surface area (Å²) >= 11 is 0. The van der Waals surface area contributed by atoms with Gasteiger partial charge in [-0.05, 0) is 90.6 Å². The fourth-order valence-corrected chi connectivity index (χ4v) is 13.8. The van der Waals surface area contributed by atoms with Gasteiger partial charge in [0.15, 0.2) is 24.5 Å². The molecule has 408 valence electrons. The first-order valence-corrected chi connectivity index (χ1v) is 26.2. The van der Waals surface area contributed by atoms with Crippen molar-refractivity contribution < 1.29 is 83.2 Å². The van der Waals surface area contributed by atoms with Crippen molar-refractivity contribution in [1.82, 2.24) is 10.7 Å². The minimum absolute atomic E-state index is 0.0194. The number of ether oxygens (including phenoxy) is 7. The highest BCUT2D eigenvalue weighted by atomic mass is 16.8. The number of nitrogens with zero attached hydrogens (tertiary/aromatic N) is 1. The number of esters is 1. The molecule has 23 atom stereocenters. The molecule has 4 aliphatic carbocycles. The summed E-state index contributed by atoms with van der Waals surface area (Å²) < 4.78 is 45.0. The Balaban J connectivity index is 1.17. The number of aliphatic hydroxyl groups excluding tert-OH is 4. The van der Waals surface area contributed by atoms with Gasteiger partial charge in [-0.25, -0.2) is 4.79 Å². The van der Waals surface area contributed by atoms with Gasteiger partial charge >= 0.3 is 11.9 Å². The quantitative estimate of drug-likeness (QED) is 0.0643. The maximum Gasteiger partial charge on any atom is 0.346 e. The normalized spacial score (nSPS) is 48.8. The molecule has 0 amide bonds. The van der Waals surface area contributed by atoms with Gasteiger partial charge in [0.25, 0.3) is 0 Å². The fraction of sp³-hybridized carbons (Fsp3) is 0.759. The average Bonchev–Trinajstić information content (AvgIpc) is 3.55. The van der Waals surface area contributed by atoms with Gasteiger partial charge < -0.3 is 58.4 Å². The lowest BCUT2D eigenvalue weighted by atomic mass is 9.49. The van der Waals surface area contributed by atoms with E-state index in [1.165, 1.54) is 6.92 Å². The number of ketones is 1. The molecule has 4 heterocycles. The Morgan fingerprint density at radius 3 is 2.08 bits per heavy atom. The summed E-state index contributed by atoms with van der Waals surface area (Å²) in [6, 6.07) is -0.884. The van der Waals surface area contributed by atoms with Crippen LogP contribution < -0.4 is 5.48 Å². The van der Waals surface area contributed by atoms with Crippen molar-refractivity contribution in [2.24, 2.45) is 46.8 Å². The second-order valence-corrected chi connectivity index (χ2v) is 23.2. The van der Waals surface area contributed by atoms with E-state index in [4.69, 9.17) is 38.0 Å². The molecule has 19 nitrogen and oxygen atoms in total. The van der Waals surface area contributed by atoms with Crippen LogP contribution in [0.1, 0.15) is 122 Å². The highest BCUT2D eigenvalue weighted by Gasteiger charge is 2.64. The molecule has 8 aliphatic rings. The van der Waals surface area contributed by atoms with Gasteiger partial charge in [-0.1, -0.05) is 74.4 Å². The summed E-state index contributed by atoms with van der Waals surface area (Å²) in [4.78, 5) is 46.9. The van der Waals surface area contributed by atoms with Crippen LogP contribution >= 0.6 is 0 Å². The Morgan fingerprint density at radius 1 is 0.781 bits per heavy atom. The minimum Gasteiger partial charge on any atom is -0.511 e. The van der Waals surface area contributed by atoms with Crippen LogP contribution in [0, 0.1) is 46.8 Å². The van der Waals surface area contributed by atoms with Crippen molar-refractivity contribution >= 4 is 17.7 Å². The molecule has 0 aromatic rings. The number of nitrogens with one attached hydrogen (secondary N) is 1. The zero-order valence-electron chi connectivity index (χ0n) is 44.3. The van der Waals surface area contributed by atoms with E-state index in [0.717, 1.165) is 11.1 Å². The Labute approximate surface area is 428 Å². The van der Waals surface area contributed by atoms with E-state index in [1.54, 1.807) is 27.7 Å². The maximum absolute atomic E-state index is 15.4. The summed E-state index contributed by atoms with van der Waals surface area (Å²) in [5, 5.41) is 66.5. The summed E-state index contributed by atoms with van der Waals surface area (Å²) in [5.74, 6) is -4.70. The number of hydroxylamine groups is 3. The lowest BCUT2D eigenvalue weighted by Gasteiger charge is -2.56. The molecule has 0 aromatic carbocycles. The molecule has 5 fully saturated rings. The van der Waals surface area contributed by atoms with E-state index in [0.29, 0.717) is 18.4 Å². The molecule has 73 heavy (non-hydrogen) atoms. The van der Waals surface area contributed by atoms with Crippen LogP contribution in [0.3, 0.4) is 0 Å². The predicted molar refractivity (Wildman–Crippen MR) is 259 cm³/mol. The van der Waals surface area contributed by atoms with Crippen molar-refractivity contribution in [2.45, 2.75) is 213 Å². The summed E-state index contributed by atoms with van der Waals surface area (Å²) in [6.45, 7) is 21.9. The number of carbonyl (C=O) groups is 3. The highest BCUT2D eigenvalue weighted by molar-refractivity contribution is 6.26. The Hall–Kier alpha value is -3.41. The fourth-order valence-electron chi connectivity index (χ4n) is 13.8. The predicted octanol–water partition coefficient (Wildman–Crippen LogP) is 5.58. The molecule has 0 radical (unpaired) electrons. The van der Waals surface area contributed by atoms with Gasteiger partial charge in [0.05, 0.1) is 54.3 Å². The van der Waals surface area contributed by atoms with Gasteiger partial charge in [-0.3, -0.25) is 20.0 Å². The third-order valence-electron chi connectivity index (χ3n) is 18.0. The standard InChI is InChI=1S/C54H80N2O17/c1-24-13-16-38(69-42-23-52(11,56(64)65)48(32(9)68-42)55-73-33(10)57)26(3)19-34-18-25(2)29(6)22-54(34)50(62)43(51(63)72-54)49(61)53(12)36(24)15-14-35-44(53)27(4)17-28(5)47(35)71-41-21-39(46(60)31(8)67-41)70-40-20-37(58)45(59)30(7)66-40/h13-15,18-19,27-32,34-42,44-48,55,58-61,64-65H,16-17,20-23H2,1-12H3/b24-13+,26-19+,49-43?/t27-,28-,29+,30?,31?,32?,34-,35-,36+,37?,38-,39?,40?,41?,42?,44-,45?,46?,47-,48?,52?,53-,54-/m0/s1. The first-order valence-electron chi connectivity index (χ1n) is 26.2. The number of Topliss-reactive ketones (excluding diaryl/α,β-unsaturated/α-hetero) is 1. The molecular formula is C54H80N2O17. The maximum atomic E-state index is 15.4. The molecule has 4 saturated heterocycles. The van der Waals surface area contributed by atoms with Crippen LogP contribution in [0.4, 0.5) is 0 Å². The number of rotatable bonds is 9. The summed E-state index contributed by atoms with van der Waals surface area (Å²) in [7, 11) is 0.